The molecule has 0 unspecified atom stereocenters. The summed E-state index contributed by atoms with van der Waals surface area (Å²) in [7, 11) is 0. The highest BCUT2D eigenvalue weighted by Gasteiger charge is 2.18. The van der Waals surface area contributed by atoms with Crippen LogP contribution in [-0.2, 0) is 16.2 Å². The number of likely N-dealkylation sites (tertiary alicyclic amines) is 1. The van der Waals surface area contributed by atoms with Gasteiger partial charge in [-0.15, -0.1) is 0 Å². The Morgan fingerprint density at radius 1 is 1.10 bits per heavy atom. The molecule has 0 aliphatic carbocycles. The molecule has 4 rings (SSSR count). The second-order valence-corrected chi connectivity index (χ2v) is 7.54. The summed E-state index contributed by atoms with van der Waals surface area (Å²) in [5.41, 5.74) is 2.34. The van der Waals surface area contributed by atoms with E-state index in [0.29, 0.717) is 31.0 Å². The predicted molar refractivity (Wildman–Crippen MR) is 114 cm³/mol. The van der Waals surface area contributed by atoms with Crippen molar-refractivity contribution < 1.29 is 14.3 Å². The lowest BCUT2D eigenvalue weighted by atomic mass is 10.1. The van der Waals surface area contributed by atoms with Crippen LogP contribution in [0.1, 0.15) is 37.8 Å². The number of amides is 2. The summed E-state index contributed by atoms with van der Waals surface area (Å²) in [6.07, 6.45) is 8.46. The van der Waals surface area contributed by atoms with Gasteiger partial charge in [-0.3, -0.25) is 9.59 Å². The Bertz CT molecular complexity index is 997. The molecule has 7 heteroatoms. The van der Waals surface area contributed by atoms with E-state index in [2.05, 4.69) is 10.3 Å². The number of hydrogen-bond donors (Lipinski definition) is 1. The third-order valence-corrected chi connectivity index (χ3v) is 5.17. The molecule has 2 amide bonds. The molecular weight excluding hydrogens is 380 g/mol. The van der Waals surface area contributed by atoms with Gasteiger partial charge in [0.25, 0.3) is 0 Å². The van der Waals surface area contributed by atoms with Crippen LogP contribution in [-0.4, -0.2) is 39.2 Å². The molecule has 1 aliphatic rings. The molecule has 0 radical (unpaired) electrons. The number of rotatable bonds is 6. The molecule has 1 aliphatic heterocycles. The molecule has 0 atom stereocenters. The summed E-state index contributed by atoms with van der Waals surface area (Å²) in [4.78, 5) is 30.8. The fourth-order valence-corrected chi connectivity index (χ4v) is 3.63. The maximum absolute atomic E-state index is 12.5. The number of anilines is 1. The molecule has 1 N–H and O–H groups in total. The van der Waals surface area contributed by atoms with Gasteiger partial charge in [-0.1, -0.05) is 25.0 Å². The first-order valence-electron chi connectivity index (χ1n) is 10.4. The summed E-state index contributed by atoms with van der Waals surface area (Å²) in [5.74, 6) is 0.517. The van der Waals surface area contributed by atoms with Crippen molar-refractivity contribution in [1.82, 2.24) is 14.3 Å². The topological polar surface area (TPSA) is 75.9 Å². The number of nitrogens with zero attached hydrogens (tertiary/aromatic N) is 3. The number of ether oxygens (including phenoxy) is 1. The first-order chi connectivity index (χ1) is 14.7. The van der Waals surface area contributed by atoms with Gasteiger partial charge in [-0.25, -0.2) is 4.98 Å². The standard InChI is InChI=1S/C23H26N4O3/c28-22(16-27-13-5-2-1-3-11-23(27)29)25-18-8-7-9-20(14-18)30-17-19-15-26-12-6-4-10-21(26)24-19/h4,6-10,12,14-15H,1-3,5,11,13,16-17H2,(H,25,28). The maximum atomic E-state index is 12.5. The van der Waals surface area contributed by atoms with Gasteiger partial charge in [0, 0.05) is 37.1 Å². The summed E-state index contributed by atoms with van der Waals surface area (Å²) < 4.78 is 7.80. The van der Waals surface area contributed by atoms with Crippen molar-refractivity contribution >= 4 is 23.1 Å². The Morgan fingerprint density at radius 3 is 2.90 bits per heavy atom. The predicted octanol–water partition coefficient (Wildman–Crippen LogP) is 3.64. The Morgan fingerprint density at radius 2 is 2.00 bits per heavy atom. The van der Waals surface area contributed by atoms with E-state index in [1.54, 1.807) is 11.0 Å². The number of nitrogens with one attached hydrogen (secondary N) is 1. The van der Waals surface area contributed by atoms with Gasteiger partial charge in [0.2, 0.25) is 11.8 Å². The van der Waals surface area contributed by atoms with Gasteiger partial charge in [0.05, 0.1) is 12.2 Å². The van der Waals surface area contributed by atoms with E-state index in [-0.39, 0.29) is 18.4 Å². The van der Waals surface area contributed by atoms with Crippen molar-refractivity contribution in [2.75, 3.05) is 18.4 Å². The van der Waals surface area contributed by atoms with E-state index >= 15 is 0 Å². The first-order valence-corrected chi connectivity index (χ1v) is 10.4. The molecule has 3 heterocycles. The van der Waals surface area contributed by atoms with Crippen molar-refractivity contribution in [3.8, 4) is 5.75 Å². The van der Waals surface area contributed by atoms with Gasteiger partial charge in [-0.2, -0.15) is 0 Å². The molecule has 30 heavy (non-hydrogen) atoms. The SMILES string of the molecule is O=C(CN1CCCCCCC1=O)Nc1cccc(OCc2cn3ccccc3n2)c1. The van der Waals surface area contributed by atoms with Crippen molar-refractivity contribution in [2.45, 2.75) is 38.7 Å². The third-order valence-electron chi connectivity index (χ3n) is 5.17. The van der Waals surface area contributed by atoms with Crippen molar-refractivity contribution in [1.29, 1.82) is 0 Å². The Kier molecular flexibility index (Phi) is 6.27. The van der Waals surface area contributed by atoms with Crippen LogP contribution in [0.3, 0.4) is 0 Å². The van der Waals surface area contributed by atoms with E-state index in [1.165, 1.54) is 0 Å². The van der Waals surface area contributed by atoms with Crippen LogP contribution < -0.4 is 10.1 Å². The number of carbonyl (C=O) groups is 2. The van der Waals surface area contributed by atoms with Crippen LogP contribution >= 0.6 is 0 Å². The molecule has 1 fully saturated rings. The van der Waals surface area contributed by atoms with E-state index in [4.69, 9.17) is 4.74 Å². The molecule has 1 aromatic carbocycles. The lowest BCUT2D eigenvalue weighted by Gasteiger charge is -2.24. The van der Waals surface area contributed by atoms with Crippen LogP contribution in [0, 0.1) is 0 Å². The van der Waals surface area contributed by atoms with Gasteiger partial charge in [0.15, 0.2) is 0 Å². The Hall–Kier alpha value is -3.35. The molecule has 156 valence electrons. The normalized spacial score (nSPS) is 14.9. The maximum Gasteiger partial charge on any atom is 0.243 e. The van der Waals surface area contributed by atoms with Crippen LogP contribution in [0.5, 0.6) is 5.75 Å². The van der Waals surface area contributed by atoms with E-state index < -0.39 is 0 Å². The first kappa shape index (κ1) is 19.9. The van der Waals surface area contributed by atoms with Crippen LogP contribution in [0.2, 0.25) is 0 Å². The number of benzene rings is 1. The number of pyridine rings is 1. The number of carbonyl (C=O) groups excluding carboxylic acids is 2. The zero-order valence-corrected chi connectivity index (χ0v) is 16.9. The quantitative estimate of drug-likeness (QED) is 0.678. The molecule has 1 saturated heterocycles. The zero-order chi connectivity index (χ0) is 20.8. The van der Waals surface area contributed by atoms with E-state index in [0.717, 1.165) is 37.0 Å². The molecule has 0 saturated carbocycles. The highest BCUT2D eigenvalue weighted by atomic mass is 16.5. The Balaban J connectivity index is 1.33. The van der Waals surface area contributed by atoms with E-state index in [1.807, 2.05) is 53.2 Å². The van der Waals surface area contributed by atoms with Crippen molar-refractivity contribution in [2.24, 2.45) is 0 Å². The minimum absolute atomic E-state index is 0.0642. The smallest absolute Gasteiger partial charge is 0.243 e. The Labute approximate surface area is 175 Å². The van der Waals surface area contributed by atoms with Crippen LogP contribution in [0.15, 0.2) is 54.9 Å². The average molecular weight is 406 g/mol. The number of hydrogen-bond acceptors (Lipinski definition) is 4. The summed E-state index contributed by atoms with van der Waals surface area (Å²) in [6.45, 7) is 1.07. The molecule has 3 aromatic rings. The monoisotopic (exact) mass is 406 g/mol. The van der Waals surface area contributed by atoms with Crippen molar-refractivity contribution in [3.63, 3.8) is 0 Å². The summed E-state index contributed by atoms with van der Waals surface area (Å²) in [6, 6.07) is 13.1. The second kappa shape index (κ2) is 9.43. The summed E-state index contributed by atoms with van der Waals surface area (Å²) >= 11 is 0. The van der Waals surface area contributed by atoms with Crippen LogP contribution in [0.4, 0.5) is 5.69 Å². The minimum atomic E-state index is -0.193. The number of aromatic nitrogens is 2. The van der Waals surface area contributed by atoms with Crippen molar-refractivity contribution in [3.05, 3.63) is 60.6 Å². The molecular formula is C23H26N4O3. The fraction of sp³-hybridized carbons (Fsp3) is 0.348. The number of fused-ring (bicyclic) bond motifs is 1. The highest BCUT2D eigenvalue weighted by molar-refractivity contribution is 5.94. The van der Waals surface area contributed by atoms with Gasteiger partial charge in [0.1, 0.15) is 18.0 Å². The largest absolute Gasteiger partial charge is 0.487 e. The summed E-state index contributed by atoms with van der Waals surface area (Å²) in [5, 5.41) is 2.87. The van der Waals surface area contributed by atoms with Gasteiger partial charge < -0.3 is 19.4 Å². The minimum Gasteiger partial charge on any atom is -0.487 e. The fourth-order valence-electron chi connectivity index (χ4n) is 3.63. The molecule has 0 spiro atoms. The molecule has 2 aromatic heterocycles. The molecule has 0 bridgehead atoms. The average Bonchev–Trinajstić information content (AvgIpc) is 3.15. The third kappa shape index (κ3) is 5.17. The number of imidazole rings is 1. The lowest BCUT2D eigenvalue weighted by molar-refractivity contribution is -0.135. The van der Waals surface area contributed by atoms with E-state index in [9.17, 15) is 9.59 Å². The van der Waals surface area contributed by atoms with Gasteiger partial charge in [-0.05, 0) is 37.1 Å². The zero-order valence-electron chi connectivity index (χ0n) is 16.9. The highest BCUT2D eigenvalue weighted by Crippen LogP contribution is 2.19. The van der Waals surface area contributed by atoms with Gasteiger partial charge >= 0.3 is 0 Å². The van der Waals surface area contributed by atoms with Crippen LogP contribution in [0.25, 0.3) is 5.65 Å². The molecule has 7 nitrogen and oxygen atoms in total. The second-order valence-electron chi connectivity index (χ2n) is 7.54. The lowest BCUT2D eigenvalue weighted by Crippen LogP contribution is -2.39.